The average Bonchev–Trinajstić information content (AvgIpc) is 1.44. The summed E-state index contributed by atoms with van der Waals surface area (Å²) in [7, 11) is 0. The third-order valence-electron chi connectivity index (χ3n) is 31.8. The third-order valence-corrected chi connectivity index (χ3v) is 31.8. The van der Waals surface area contributed by atoms with E-state index in [1.165, 1.54) is 19.3 Å². The number of benzene rings is 6. The summed E-state index contributed by atoms with van der Waals surface area (Å²) in [5.41, 5.74) is 10.5. The Morgan fingerprint density at radius 3 is 0.855 bits per heavy atom. The minimum Gasteiger partial charge on any atom is -0.454 e. The highest BCUT2D eigenvalue weighted by atomic mass is 16.4. The van der Waals surface area contributed by atoms with Crippen LogP contribution in [0.5, 0.6) is 0 Å². The van der Waals surface area contributed by atoms with E-state index in [1.54, 1.807) is 60.9 Å². The second kappa shape index (κ2) is 32.4. The molecule has 3 spiro atoms. The molecule has 5 saturated heterocycles. The maximum Gasteiger partial charge on any atom is 0.227 e. The molecule has 15 aromatic rings. The minimum atomic E-state index is -2.48. The molecule has 2 unspecified atom stereocenters. The third kappa shape index (κ3) is 15.0. The number of aromatic nitrogens is 4. The van der Waals surface area contributed by atoms with Crippen LogP contribution < -0.4 is 24.5 Å². The number of rotatable bonds is 5. The lowest BCUT2D eigenvalue weighted by Crippen LogP contribution is -2.44. The maximum absolute atomic E-state index is 9.34. The van der Waals surface area contributed by atoms with Gasteiger partial charge in [-0.05, 0) is 332 Å². The molecule has 690 valence electrons. The molecule has 3 saturated carbocycles. The molecule has 5 aliphatic heterocycles. The molecule has 0 radical (unpaired) electrons. The van der Waals surface area contributed by atoms with Crippen LogP contribution in [0.4, 0.5) is 28.4 Å². The normalized spacial score (nSPS) is 28.9. The molecule has 8 aliphatic rings. The number of fused-ring (bicyclic) bond motifs is 15. The number of pyridine rings is 4. The van der Waals surface area contributed by atoms with Crippen LogP contribution in [0.1, 0.15) is 321 Å². The largest absolute Gasteiger partial charge is 0.454 e. The van der Waals surface area contributed by atoms with E-state index in [0.717, 1.165) is 221 Å². The lowest BCUT2D eigenvalue weighted by molar-refractivity contribution is 0.170. The van der Waals surface area contributed by atoms with Crippen LogP contribution in [0.25, 0.3) is 110 Å². The van der Waals surface area contributed by atoms with Crippen molar-refractivity contribution >= 4 is 139 Å². The van der Waals surface area contributed by atoms with Crippen molar-refractivity contribution in [2.75, 3.05) is 24.5 Å². The van der Waals surface area contributed by atoms with Gasteiger partial charge in [0.25, 0.3) is 0 Å². The Morgan fingerprint density at radius 1 is 0.282 bits per heavy atom. The highest BCUT2D eigenvalue weighted by molar-refractivity contribution is 6.13. The zero-order valence-electron chi connectivity index (χ0n) is 97.9. The summed E-state index contributed by atoms with van der Waals surface area (Å²) < 4.78 is 172. The standard InChI is InChI=1S/C25H32N2O.C25H31NO.C24H30N2O.C22H28N2O.C21H26N2O/c1-16-9-11-19-20-12-10-17(2)26-23(20)28-22(19)21(16)27-18(3)25(15-24(27,4)5)13-7-6-8-14-25;1-17-12-13-20-19-10-6-7-11-21(19)27-23(20)22(17)26-18(2)25(16-24(26,3)4)14-8-5-9-15-25;1-16-10-11-18-19-9-8-14-25-22(19)27-21(18)20(16)26-17(2)24(15-23(26,3)4)12-6-5-7-13-24;1-13-8-10-16-17-11-9-14(2)23-20(17)25-19(16)18(13)24-15(3)21(4,5)12-22(24,6)7;1-13-9-10-15-16-8-7-11-22-19(16)24-18(15)17(13)23-14(2)20(3,4)12-21(23,5)6/h9-12,18H,6-8,13-15H2,1-5H3;6-7,10-13,18H,5,8-9,14-16H2,1-4H3;8-11,14,17H,5-7,12-13,15H2,1-4H3;8-11,15H,12H2,1-7H3;7-11,14H,12H2,1-6H3/t2*18-;17-;15-;14-/m00000/s1/i15D2;16D2;15D2;4D3,12D2;3D3,12D2/t3m;15-,21?;14-,20?. The fourth-order valence-electron chi connectivity index (χ4n) is 25.8. The van der Waals surface area contributed by atoms with Gasteiger partial charge in [0.15, 0.2) is 27.9 Å². The first-order valence-corrected chi connectivity index (χ1v) is 48.5. The van der Waals surface area contributed by atoms with Crippen molar-refractivity contribution in [2.45, 2.75) is 366 Å². The van der Waals surface area contributed by atoms with Crippen molar-refractivity contribution in [1.82, 2.24) is 19.9 Å². The Labute approximate surface area is 801 Å². The van der Waals surface area contributed by atoms with Gasteiger partial charge >= 0.3 is 0 Å². The Bertz CT molecular complexity index is 7510. The van der Waals surface area contributed by atoms with Crippen LogP contribution in [0, 0.1) is 75.5 Å². The molecule has 0 bridgehead atoms. The second-order valence-corrected chi connectivity index (χ2v) is 43.1. The molecule has 131 heavy (non-hydrogen) atoms. The van der Waals surface area contributed by atoms with Crippen molar-refractivity contribution in [3.05, 3.63) is 185 Å². The second-order valence-electron chi connectivity index (χ2n) is 43.1. The van der Waals surface area contributed by atoms with Crippen LogP contribution in [0.2, 0.25) is 0 Å². The summed E-state index contributed by atoms with van der Waals surface area (Å²) >= 11 is 0. The first-order valence-electron chi connectivity index (χ1n) is 56.5. The molecular weight excluding hydrogens is 1610 g/mol. The van der Waals surface area contributed by atoms with Crippen molar-refractivity contribution in [2.24, 2.45) is 27.1 Å². The van der Waals surface area contributed by atoms with Gasteiger partial charge in [0.1, 0.15) is 5.58 Å². The van der Waals surface area contributed by atoms with Crippen LogP contribution in [0.3, 0.4) is 0 Å². The van der Waals surface area contributed by atoms with E-state index >= 15 is 0 Å². The number of aryl methyl sites for hydroxylation is 7. The first kappa shape index (κ1) is 72.5. The molecule has 0 amide bonds. The van der Waals surface area contributed by atoms with Gasteiger partial charge in [-0.25, -0.2) is 19.9 Å². The molecule has 3 aliphatic carbocycles. The Kier molecular flexibility index (Phi) is 17.9. The molecule has 14 nitrogen and oxygen atoms in total. The SMILES string of the molecule is [2H]C([2H])([2H])C1(C)[C@H](C)N(c2c(C)ccc3c2oc2nc(C)ccc23)C(C)(C)C1([2H])[2H].[2H]C([2H])([2H])C1(C)[C@H](C)N(c2c(C)ccc3c2oc2ncccc23)C(C)(C)C1([2H])[2H].[2H]C1([2H])C2(CCCCC2)[C@H](C)N(c2c(C)ccc3c2oc2ccccc23)C1(C)C.[2H]C1([2H])C2(CCCCC2)[C@H](C)N(c2c(C)ccc3c2oc2nc(C)ccc23)C1(C)C.[2H]C1([2H])C2(CCCCC2)[C@H](C)N(c2c(C)ccc3c2oc2ncccc23)C1(C)C. The zero-order chi connectivity index (χ0) is 107. The van der Waals surface area contributed by atoms with Crippen LogP contribution in [-0.2, 0) is 0 Å². The average molecular weight is 1780 g/mol. The summed E-state index contributed by atoms with van der Waals surface area (Å²) in [6.07, 6.45) is 11.7. The predicted molar refractivity (Wildman–Crippen MR) is 550 cm³/mol. The van der Waals surface area contributed by atoms with Gasteiger partial charge < -0.3 is 46.6 Å². The molecule has 14 heterocycles. The Balaban J connectivity index is 0.000000116. The quantitative estimate of drug-likeness (QED) is 0.162. The van der Waals surface area contributed by atoms with E-state index in [4.69, 9.17) is 35.8 Å². The van der Waals surface area contributed by atoms with Gasteiger partial charge in [0.2, 0.25) is 22.9 Å². The molecular formula is C117H147N9O5. The highest BCUT2D eigenvalue weighted by Gasteiger charge is 2.59. The lowest BCUT2D eigenvalue weighted by Gasteiger charge is -2.41. The summed E-state index contributed by atoms with van der Waals surface area (Å²) in [5.74, 6) is 0. The number of hydrogen-bond acceptors (Lipinski definition) is 14. The van der Waals surface area contributed by atoms with E-state index in [1.807, 2.05) is 123 Å². The van der Waals surface area contributed by atoms with Crippen LogP contribution >= 0.6 is 0 Å². The lowest BCUT2D eigenvalue weighted by atomic mass is 9.68. The molecule has 8 fully saturated rings. The molecule has 14 heteroatoms. The molecule has 23 rings (SSSR count). The summed E-state index contributed by atoms with van der Waals surface area (Å²) in [6, 6.07) is 43.9. The number of anilines is 5. The van der Waals surface area contributed by atoms with Crippen LogP contribution in [0.15, 0.2) is 168 Å². The van der Waals surface area contributed by atoms with Crippen molar-refractivity contribution < 1.29 is 44.0 Å². The first-order chi connectivity index (χ1) is 68.5. The van der Waals surface area contributed by atoms with Gasteiger partial charge in [-0.15, -0.1) is 0 Å². The monoisotopic (exact) mass is 1770 g/mol. The molecule has 6 aromatic carbocycles. The summed E-state index contributed by atoms with van der Waals surface area (Å²) in [6.45, 7) is 42.2. The van der Waals surface area contributed by atoms with E-state index in [2.05, 4.69) is 172 Å². The van der Waals surface area contributed by atoms with E-state index in [-0.39, 0.29) is 34.4 Å². The summed E-state index contributed by atoms with van der Waals surface area (Å²) in [4.78, 5) is 28.8. The highest BCUT2D eigenvalue weighted by Crippen LogP contribution is 2.63. The maximum atomic E-state index is 9.34. The summed E-state index contributed by atoms with van der Waals surface area (Å²) in [5, 5.41) is 9.97. The van der Waals surface area contributed by atoms with Crippen molar-refractivity contribution in [3.8, 4) is 0 Å². The van der Waals surface area contributed by atoms with Gasteiger partial charge in [-0.1, -0.05) is 164 Å². The smallest absolute Gasteiger partial charge is 0.227 e. The fourth-order valence-corrected chi connectivity index (χ4v) is 25.8. The fraction of sp³-hybridized carbons (Fsp3) is 0.521. The predicted octanol–water partition coefficient (Wildman–Crippen LogP) is 32.5. The topological polar surface area (TPSA) is 133 Å². The Morgan fingerprint density at radius 2 is 0.542 bits per heavy atom. The molecule has 9 aromatic heterocycles. The number of nitrogens with zero attached hydrogens (tertiary/aromatic N) is 9. The van der Waals surface area contributed by atoms with E-state index in [0.29, 0.717) is 34.0 Å². The number of furan rings is 5. The minimum absolute atomic E-state index is 0.0926. The molecule has 7 atom stereocenters. The van der Waals surface area contributed by atoms with E-state index < -0.39 is 96.2 Å². The number of para-hydroxylation sites is 1. The van der Waals surface area contributed by atoms with Gasteiger partial charge in [0.05, 0.1) is 28.4 Å². The van der Waals surface area contributed by atoms with Crippen molar-refractivity contribution in [3.63, 3.8) is 0 Å². The van der Waals surface area contributed by atoms with E-state index in [9.17, 15) is 8.22 Å². The zero-order valence-corrected chi connectivity index (χ0v) is 81.9. The number of hydrogen-bond donors (Lipinski definition) is 0. The molecule has 0 N–H and O–H groups in total. The van der Waals surface area contributed by atoms with Crippen LogP contribution in [-0.4, -0.2) is 77.8 Å². The van der Waals surface area contributed by atoms with Gasteiger partial charge in [-0.2, -0.15) is 0 Å². The van der Waals surface area contributed by atoms with Gasteiger partial charge in [0, 0.05) is 157 Å². The van der Waals surface area contributed by atoms with Crippen molar-refractivity contribution in [1.29, 1.82) is 0 Å². The Hall–Kier alpha value is -10.1. The van der Waals surface area contributed by atoms with Gasteiger partial charge in [-0.3, -0.25) is 0 Å².